The fraction of sp³-hybridized carbons (Fsp3) is 0.486. The van der Waals surface area contributed by atoms with Crippen LogP contribution in [-0.2, 0) is 32.5 Å². The summed E-state index contributed by atoms with van der Waals surface area (Å²) in [4.78, 5) is 30.2. The van der Waals surface area contributed by atoms with E-state index in [4.69, 9.17) is 0 Å². The molecule has 2 aliphatic heterocycles. The first-order chi connectivity index (χ1) is 21.9. The quantitative estimate of drug-likeness (QED) is 0.138. The smallest absolute Gasteiger partial charge is 0.270 e. The molecular weight excluding hydrogens is 568 g/mol. The van der Waals surface area contributed by atoms with Crippen LogP contribution in [0.25, 0.3) is 21.8 Å². The van der Waals surface area contributed by atoms with Crippen molar-refractivity contribution in [3.05, 3.63) is 91.8 Å². The molecule has 4 aliphatic rings. The molecule has 0 atom stereocenters. The van der Waals surface area contributed by atoms with Gasteiger partial charge in [-0.3, -0.25) is 30.0 Å². The number of aromatic nitrogens is 2. The first kappa shape index (κ1) is 29.7. The summed E-state index contributed by atoms with van der Waals surface area (Å²) in [5.41, 5.74) is 7.64. The summed E-state index contributed by atoms with van der Waals surface area (Å²) in [6, 6.07) is 11.8. The Bertz CT molecular complexity index is 1760. The normalized spacial score (nSPS) is 19.4. The summed E-state index contributed by atoms with van der Waals surface area (Å²) in [5.74, 6) is 0. The van der Waals surface area contributed by atoms with Crippen molar-refractivity contribution in [2.75, 3.05) is 13.1 Å². The van der Waals surface area contributed by atoms with E-state index in [0.29, 0.717) is 12.1 Å². The lowest BCUT2D eigenvalue weighted by Gasteiger charge is -2.33. The molecule has 2 aromatic carbocycles. The SMILES string of the molecule is C=CCn1c2c(c3cc([N+](=O)[O-])ccc31)CN(C1CCCC1)CC2.O=[N+]([O-])c1ccc2[nH]c3c(c2c1)CN(C1CCCC1)CC3. The number of benzene rings is 2. The number of non-ortho nitro benzene ring substituents is 2. The number of nitrogens with zero attached hydrogens (tertiary/aromatic N) is 5. The van der Waals surface area contributed by atoms with Crippen molar-refractivity contribution in [1.29, 1.82) is 0 Å². The van der Waals surface area contributed by atoms with Gasteiger partial charge in [0.25, 0.3) is 11.4 Å². The van der Waals surface area contributed by atoms with E-state index < -0.39 is 0 Å². The van der Waals surface area contributed by atoms with Crippen LogP contribution >= 0.6 is 0 Å². The third-order valence-corrected chi connectivity index (χ3v) is 10.7. The van der Waals surface area contributed by atoms with Crippen molar-refractivity contribution in [3.63, 3.8) is 0 Å². The highest BCUT2D eigenvalue weighted by molar-refractivity contribution is 5.88. The number of allylic oxidation sites excluding steroid dienone is 1. The van der Waals surface area contributed by atoms with Gasteiger partial charge in [0.2, 0.25) is 0 Å². The van der Waals surface area contributed by atoms with Gasteiger partial charge in [0.05, 0.1) is 9.85 Å². The number of rotatable bonds is 6. The summed E-state index contributed by atoms with van der Waals surface area (Å²) in [6.45, 7) is 8.68. The van der Waals surface area contributed by atoms with Crippen molar-refractivity contribution >= 4 is 33.2 Å². The molecule has 0 unspecified atom stereocenters. The average molecular weight is 611 g/mol. The number of aromatic amines is 1. The van der Waals surface area contributed by atoms with Crippen LogP contribution < -0.4 is 0 Å². The third kappa shape index (κ3) is 5.66. The Balaban J connectivity index is 0.000000146. The van der Waals surface area contributed by atoms with Crippen molar-refractivity contribution in [2.24, 2.45) is 0 Å². The standard InChI is InChI=1S/C19H23N3O2.C16H19N3O2/c1-2-10-21-18-8-7-15(22(23)24)12-16(18)17-13-20(11-9-19(17)21)14-5-3-4-6-14;20-19(21)12-5-6-15-13(9-12)14-10-18(8-7-16(14)17-15)11-3-1-2-4-11/h2,7-8,12,14H,1,3-6,9-11,13H2;5-6,9,11,17H,1-4,7-8,10H2. The molecule has 236 valence electrons. The van der Waals surface area contributed by atoms with E-state index >= 15 is 0 Å². The maximum atomic E-state index is 11.2. The lowest BCUT2D eigenvalue weighted by atomic mass is 10.0. The highest BCUT2D eigenvalue weighted by Crippen LogP contribution is 2.37. The zero-order chi connectivity index (χ0) is 31.1. The zero-order valence-electron chi connectivity index (χ0n) is 25.9. The Hall–Kier alpha value is -4.02. The molecule has 0 spiro atoms. The predicted octanol–water partition coefficient (Wildman–Crippen LogP) is 7.41. The monoisotopic (exact) mass is 610 g/mol. The lowest BCUT2D eigenvalue weighted by Crippen LogP contribution is -2.38. The molecule has 2 saturated carbocycles. The molecule has 0 saturated heterocycles. The molecule has 4 aromatic rings. The number of hydrogen-bond donors (Lipinski definition) is 1. The van der Waals surface area contributed by atoms with Gasteiger partial charge in [-0.25, -0.2) is 0 Å². The Morgan fingerprint density at radius 1 is 0.800 bits per heavy atom. The fourth-order valence-corrected chi connectivity index (χ4v) is 8.41. The van der Waals surface area contributed by atoms with Crippen molar-refractivity contribution in [2.45, 2.75) is 95.9 Å². The van der Waals surface area contributed by atoms with Crippen LogP contribution in [0.2, 0.25) is 0 Å². The summed E-state index contributed by atoms with van der Waals surface area (Å²) in [7, 11) is 0. The molecule has 45 heavy (non-hydrogen) atoms. The third-order valence-electron chi connectivity index (χ3n) is 10.7. The van der Waals surface area contributed by atoms with E-state index in [9.17, 15) is 20.2 Å². The topological polar surface area (TPSA) is 113 Å². The second kappa shape index (κ2) is 12.4. The Morgan fingerprint density at radius 2 is 1.38 bits per heavy atom. The molecule has 10 nitrogen and oxygen atoms in total. The van der Waals surface area contributed by atoms with Gasteiger partial charge in [-0.2, -0.15) is 0 Å². The van der Waals surface area contributed by atoms with E-state index in [2.05, 4.69) is 25.9 Å². The minimum Gasteiger partial charge on any atom is -0.358 e. The van der Waals surface area contributed by atoms with Gasteiger partial charge in [-0.05, 0) is 48.9 Å². The molecule has 0 amide bonds. The number of nitro groups is 2. The van der Waals surface area contributed by atoms with Gasteiger partial charge in [0, 0.05) is 115 Å². The van der Waals surface area contributed by atoms with E-state index in [1.165, 1.54) is 73.9 Å². The lowest BCUT2D eigenvalue weighted by molar-refractivity contribution is -0.384. The number of nitro benzene ring substituents is 2. The van der Waals surface area contributed by atoms with Crippen LogP contribution in [0.3, 0.4) is 0 Å². The highest BCUT2D eigenvalue weighted by atomic mass is 16.6. The van der Waals surface area contributed by atoms with Crippen molar-refractivity contribution in [1.82, 2.24) is 19.4 Å². The molecule has 10 heteroatoms. The van der Waals surface area contributed by atoms with E-state index in [1.54, 1.807) is 24.3 Å². The summed E-state index contributed by atoms with van der Waals surface area (Å²) in [5, 5.41) is 24.3. The Kier molecular flexibility index (Phi) is 8.18. The largest absolute Gasteiger partial charge is 0.358 e. The zero-order valence-corrected chi connectivity index (χ0v) is 25.9. The first-order valence-corrected chi connectivity index (χ1v) is 16.6. The minimum atomic E-state index is -0.309. The number of hydrogen-bond acceptors (Lipinski definition) is 6. The molecule has 2 aromatic heterocycles. The van der Waals surface area contributed by atoms with Crippen molar-refractivity contribution in [3.8, 4) is 0 Å². The molecule has 1 N–H and O–H groups in total. The van der Waals surface area contributed by atoms with Gasteiger partial charge < -0.3 is 9.55 Å². The number of nitrogens with one attached hydrogen (secondary N) is 1. The van der Waals surface area contributed by atoms with Gasteiger partial charge in [-0.15, -0.1) is 6.58 Å². The van der Waals surface area contributed by atoms with Crippen LogP contribution in [0.5, 0.6) is 0 Å². The Morgan fingerprint density at radius 3 is 2.00 bits per heavy atom. The van der Waals surface area contributed by atoms with Crippen LogP contribution in [0, 0.1) is 20.2 Å². The molecular formula is C35H42N6O4. The van der Waals surface area contributed by atoms with Crippen LogP contribution in [0.4, 0.5) is 11.4 Å². The van der Waals surface area contributed by atoms with Gasteiger partial charge >= 0.3 is 0 Å². The maximum Gasteiger partial charge on any atom is 0.270 e. The molecule has 8 rings (SSSR count). The van der Waals surface area contributed by atoms with Crippen LogP contribution in [0.15, 0.2) is 49.1 Å². The van der Waals surface area contributed by atoms with Crippen molar-refractivity contribution < 1.29 is 9.85 Å². The Labute approximate surface area is 263 Å². The molecule has 2 fully saturated rings. The summed E-state index contributed by atoms with van der Waals surface area (Å²) < 4.78 is 2.29. The number of H-pyrrole nitrogens is 1. The van der Waals surface area contributed by atoms with E-state index in [1.807, 2.05) is 18.2 Å². The molecule has 2 aliphatic carbocycles. The van der Waals surface area contributed by atoms with E-state index in [-0.39, 0.29) is 21.2 Å². The summed E-state index contributed by atoms with van der Waals surface area (Å²) >= 11 is 0. The first-order valence-electron chi connectivity index (χ1n) is 16.6. The van der Waals surface area contributed by atoms with Gasteiger partial charge in [-0.1, -0.05) is 31.8 Å². The second-order valence-corrected chi connectivity index (χ2v) is 13.2. The van der Waals surface area contributed by atoms with Crippen LogP contribution in [0.1, 0.15) is 73.9 Å². The average Bonchev–Trinajstić information content (AvgIpc) is 3.87. The molecule has 4 heterocycles. The van der Waals surface area contributed by atoms with Gasteiger partial charge in [0.1, 0.15) is 0 Å². The predicted molar refractivity (Wildman–Crippen MR) is 176 cm³/mol. The molecule has 0 bridgehead atoms. The highest BCUT2D eigenvalue weighted by Gasteiger charge is 2.31. The summed E-state index contributed by atoms with van der Waals surface area (Å²) in [6.07, 6.45) is 14.5. The minimum absolute atomic E-state index is 0.180. The van der Waals surface area contributed by atoms with E-state index in [0.717, 1.165) is 67.4 Å². The molecule has 0 radical (unpaired) electrons. The van der Waals surface area contributed by atoms with Crippen LogP contribution in [-0.4, -0.2) is 54.4 Å². The maximum absolute atomic E-state index is 11.2. The number of fused-ring (bicyclic) bond motifs is 6. The second-order valence-electron chi connectivity index (χ2n) is 13.2. The van der Waals surface area contributed by atoms with Gasteiger partial charge in [0.15, 0.2) is 0 Å². The fourth-order valence-electron chi connectivity index (χ4n) is 8.41.